The van der Waals surface area contributed by atoms with E-state index in [0.717, 1.165) is 5.56 Å². The van der Waals surface area contributed by atoms with Crippen LogP contribution < -0.4 is 5.32 Å². The molecule has 4 rings (SSSR count). The smallest absolute Gasteiger partial charge is 0.243 e. The average molecular weight is 491 g/mol. The first-order valence-corrected chi connectivity index (χ1v) is 12.2. The molecule has 9 nitrogen and oxygen atoms in total. The van der Waals surface area contributed by atoms with Gasteiger partial charge in [0.1, 0.15) is 0 Å². The summed E-state index contributed by atoms with van der Waals surface area (Å²) in [6.45, 7) is 3.36. The first-order valence-electron chi connectivity index (χ1n) is 10.4. The maximum absolute atomic E-state index is 12.7. The Balaban J connectivity index is 1.36. The van der Waals surface area contributed by atoms with E-state index < -0.39 is 10.0 Å². The number of hydrogen-bond donors (Lipinski definition) is 1. The van der Waals surface area contributed by atoms with Gasteiger partial charge in [-0.2, -0.15) is 9.29 Å². The molecule has 0 atom stereocenters. The van der Waals surface area contributed by atoms with Crippen molar-refractivity contribution >= 4 is 33.2 Å². The summed E-state index contributed by atoms with van der Waals surface area (Å²) in [5.74, 6) is 0.403. The third-order valence-corrected chi connectivity index (χ3v) is 7.38. The monoisotopic (exact) mass is 490 g/mol. The Morgan fingerprint density at radius 2 is 1.88 bits per heavy atom. The van der Waals surface area contributed by atoms with Crippen LogP contribution in [0.2, 0.25) is 5.02 Å². The van der Waals surface area contributed by atoms with Gasteiger partial charge in [-0.15, -0.1) is 0 Å². The molecule has 0 saturated carbocycles. The largest absolute Gasteiger partial charge is 0.379 e. The minimum atomic E-state index is -3.57. The van der Waals surface area contributed by atoms with Gasteiger partial charge in [-0.05, 0) is 48.9 Å². The molecule has 0 spiro atoms. The van der Waals surface area contributed by atoms with E-state index in [0.29, 0.717) is 54.3 Å². The first-order chi connectivity index (χ1) is 15.8. The van der Waals surface area contributed by atoms with Crippen molar-refractivity contribution in [3.05, 3.63) is 58.9 Å². The van der Waals surface area contributed by atoms with Gasteiger partial charge in [0.05, 0.1) is 28.8 Å². The highest BCUT2D eigenvalue weighted by Gasteiger charge is 2.26. The number of ether oxygens (including phenoxy) is 1. The standard InChI is InChI=1S/C22H23ClN4O5S/c1-15-2-7-19(18(23)14-15)24-20(28)8-9-21-25-22(26-32-21)16-3-5-17(6-4-16)33(29,30)27-10-12-31-13-11-27/h2-7,14H,8-13H2,1H3,(H,24,28). The van der Waals surface area contributed by atoms with Crippen LogP contribution in [-0.2, 0) is 26.0 Å². The Morgan fingerprint density at radius 1 is 1.15 bits per heavy atom. The van der Waals surface area contributed by atoms with Crippen molar-refractivity contribution in [3.63, 3.8) is 0 Å². The van der Waals surface area contributed by atoms with E-state index in [1.165, 1.54) is 16.4 Å². The molecule has 1 fully saturated rings. The van der Waals surface area contributed by atoms with E-state index in [1.54, 1.807) is 24.3 Å². The lowest BCUT2D eigenvalue weighted by Crippen LogP contribution is -2.40. The van der Waals surface area contributed by atoms with Crippen molar-refractivity contribution in [2.45, 2.75) is 24.7 Å². The van der Waals surface area contributed by atoms with Crippen LogP contribution in [0.15, 0.2) is 51.9 Å². The molecule has 1 aliphatic rings. The van der Waals surface area contributed by atoms with Gasteiger partial charge in [-0.1, -0.05) is 22.8 Å². The Morgan fingerprint density at radius 3 is 2.58 bits per heavy atom. The fraction of sp³-hybridized carbons (Fsp3) is 0.318. The van der Waals surface area contributed by atoms with Gasteiger partial charge in [-0.3, -0.25) is 4.79 Å². The quantitative estimate of drug-likeness (QED) is 0.540. The molecule has 0 aliphatic carbocycles. The van der Waals surface area contributed by atoms with Crippen LogP contribution >= 0.6 is 11.6 Å². The molecule has 11 heteroatoms. The second-order valence-corrected chi connectivity index (χ2v) is 9.93. The topological polar surface area (TPSA) is 115 Å². The highest BCUT2D eigenvalue weighted by atomic mass is 35.5. The molecule has 1 aliphatic heterocycles. The van der Waals surface area contributed by atoms with Gasteiger partial charge < -0.3 is 14.6 Å². The summed E-state index contributed by atoms with van der Waals surface area (Å²) >= 11 is 6.14. The zero-order valence-corrected chi connectivity index (χ0v) is 19.5. The molecule has 1 saturated heterocycles. The van der Waals surface area contributed by atoms with Crippen molar-refractivity contribution in [1.82, 2.24) is 14.4 Å². The minimum absolute atomic E-state index is 0.141. The number of anilines is 1. The van der Waals surface area contributed by atoms with Gasteiger partial charge in [0.2, 0.25) is 27.6 Å². The Kier molecular flexibility index (Phi) is 7.08. The maximum Gasteiger partial charge on any atom is 0.243 e. The predicted octanol–water partition coefficient (Wildman–Crippen LogP) is 3.29. The third-order valence-electron chi connectivity index (χ3n) is 5.15. The second kappa shape index (κ2) is 10.0. The van der Waals surface area contributed by atoms with Crippen LogP contribution in [-0.4, -0.2) is 55.1 Å². The summed E-state index contributed by atoms with van der Waals surface area (Å²) in [6.07, 6.45) is 0.397. The van der Waals surface area contributed by atoms with E-state index in [2.05, 4.69) is 15.5 Å². The van der Waals surface area contributed by atoms with Crippen LogP contribution in [0, 0.1) is 6.92 Å². The van der Waals surface area contributed by atoms with Gasteiger partial charge >= 0.3 is 0 Å². The average Bonchev–Trinajstić information content (AvgIpc) is 3.29. The molecule has 3 aromatic rings. The zero-order valence-electron chi connectivity index (χ0n) is 18.0. The maximum atomic E-state index is 12.7. The van der Waals surface area contributed by atoms with Gasteiger partial charge in [0.15, 0.2) is 0 Å². The summed E-state index contributed by atoms with van der Waals surface area (Å²) in [4.78, 5) is 16.7. The van der Waals surface area contributed by atoms with E-state index in [-0.39, 0.29) is 23.6 Å². The number of nitrogens with zero attached hydrogens (tertiary/aromatic N) is 3. The van der Waals surface area contributed by atoms with Crippen LogP contribution in [0.5, 0.6) is 0 Å². The third kappa shape index (κ3) is 5.59. The van der Waals surface area contributed by atoms with Crippen molar-refractivity contribution in [1.29, 1.82) is 0 Å². The first kappa shape index (κ1) is 23.4. The molecule has 0 bridgehead atoms. The van der Waals surface area contributed by atoms with E-state index in [4.69, 9.17) is 20.9 Å². The normalized spacial score (nSPS) is 14.8. The Labute approximate surface area is 196 Å². The van der Waals surface area contributed by atoms with Crippen molar-refractivity contribution < 1.29 is 22.5 Å². The SMILES string of the molecule is Cc1ccc(NC(=O)CCc2nc(-c3ccc(S(=O)(=O)N4CCOCC4)cc3)no2)c(Cl)c1. The fourth-order valence-corrected chi connectivity index (χ4v) is 5.03. The Bertz CT molecular complexity index is 1240. The molecule has 1 N–H and O–H groups in total. The Hall–Kier alpha value is -2.79. The second-order valence-electron chi connectivity index (χ2n) is 7.58. The number of halogens is 1. The zero-order chi connectivity index (χ0) is 23.4. The summed E-state index contributed by atoms with van der Waals surface area (Å²) in [6, 6.07) is 11.7. The number of rotatable bonds is 7. The van der Waals surface area contributed by atoms with E-state index in [1.807, 2.05) is 13.0 Å². The number of morpholine rings is 1. The molecule has 1 amide bonds. The predicted molar refractivity (Wildman–Crippen MR) is 122 cm³/mol. The molecule has 33 heavy (non-hydrogen) atoms. The molecule has 0 unspecified atom stereocenters. The molecule has 2 aromatic carbocycles. The number of aryl methyl sites for hydroxylation is 2. The van der Waals surface area contributed by atoms with Gasteiger partial charge in [0, 0.05) is 31.5 Å². The van der Waals surface area contributed by atoms with Crippen molar-refractivity contribution in [2.24, 2.45) is 0 Å². The van der Waals surface area contributed by atoms with E-state index in [9.17, 15) is 13.2 Å². The number of amides is 1. The molecular weight excluding hydrogens is 468 g/mol. The lowest BCUT2D eigenvalue weighted by Gasteiger charge is -2.26. The molecule has 2 heterocycles. The van der Waals surface area contributed by atoms with E-state index >= 15 is 0 Å². The highest BCUT2D eigenvalue weighted by Crippen LogP contribution is 2.24. The highest BCUT2D eigenvalue weighted by molar-refractivity contribution is 7.89. The van der Waals surface area contributed by atoms with Gasteiger partial charge in [0.25, 0.3) is 0 Å². The lowest BCUT2D eigenvalue weighted by molar-refractivity contribution is -0.116. The minimum Gasteiger partial charge on any atom is -0.379 e. The van der Waals surface area contributed by atoms with Crippen molar-refractivity contribution in [3.8, 4) is 11.4 Å². The number of aromatic nitrogens is 2. The lowest BCUT2D eigenvalue weighted by atomic mass is 10.2. The van der Waals surface area contributed by atoms with Crippen LogP contribution in [0.1, 0.15) is 17.9 Å². The molecule has 0 radical (unpaired) electrons. The van der Waals surface area contributed by atoms with Gasteiger partial charge in [-0.25, -0.2) is 8.42 Å². The summed E-state index contributed by atoms with van der Waals surface area (Å²) < 4.78 is 37.3. The molecule has 174 valence electrons. The molecule has 1 aromatic heterocycles. The van der Waals surface area contributed by atoms with Crippen molar-refractivity contribution in [2.75, 3.05) is 31.6 Å². The number of nitrogens with one attached hydrogen (secondary N) is 1. The number of carbonyl (C=O) groups excluding carboxylic acids is 1. The van der Waals surface area contributed by atoms with Crippen LogP contribution in [0.3, 0.4) is 0 Å². The molecular formula is C22H23ClN4O5S. The summed E-state index contributed by atoms with van der Waals surface area (Å²) in [5, 5.41) is 7.18. The van der Waals surface area contributed by atoms with Crippen LogP contribution in [0.25, 0.3) is 11.4 Å². The number of hydrogen-bond acceptors (Lipinski definition) is 7. The summed E-state index contributed by atoms with van der Waals surface area (Å²) in [7, 11) is -3.57. The number of sulfonamides is 1. The number of carbonyl (C=O) groups is 1. The number of benzene rings is 2. The summed E-state index contributed by atoms with van der Waals surface area (Å²) in [5.41, 5.74) is 2.16. The van der Waals surface area contributed by atoms with Crippen LogP contribution in [0.4, 0.5) is 5.69 Å². The fourth-order valence-electron chi connectivity index (χ4n) is 3.34.